The molecule has 0 aromatic carbocycles. The molecule has 0 heterocycles. The van der Waals surface area contributed by atoms with E-state index in [1.54, 1.807) is 6.92 Å². The first-order chi connectivity index (χ1) is 4.57. The fourth-order valence-corrected chi connectivity index (χ4v) is 0.519. The molecule has 0 bridgehead atoms. The third-order valence-electron chi connectivity index (χ3n) is 1.01. The van der Waals surface area contributed by atoms with Crippen molar-refractivity contribution in [3.63, 3.8) is 0 Å². The third-order valence-corrected chi connectivity index (χ3v) is 1.01. The van der Waals surface area contributed by atoms with Gasteiger partial charge < -0.3 is 17.6 Å². The van der Waals surface area contributed by atoms with Gasteiger partial charge in [0.2, 0.25) is 11.8 Å². The van der Waals surface area contributed by atoms with Crippen molar-refractivity contribution in [2.24, 2.45) is 11.5 Å². The van der Waals surface area contributed by atoms with E-state index in [0.717, 1.165) is 6.08 Å². The highest BCUT2D eigenvalue weighted by Crippen LogP contribution is 1.96. The summed E-state index contributed by atoms with van der Waals surface area (Å²) in [7, 11) is 0. The molecule has 0 aliphatic heterocycles. The van der Waals surface area contributed by atoms with Crippen molar-refractivity contribution < 1.29 is 9.59 Å². The number of rotatable bonds is 3. The van der Waals surface area contributed by atoms with Crippen molar-refractivity contribution in [2.45, 2.75) is 13.3 Å². The average Bonchev–Trinajstić information content (AvgIpc) is 1.81. The molecule has 0 aromatic rings. The lowest BCUT2D eigenvalue weighted by atomic mass is 10.2. The number of primary amides is 2. The first-order valence-electron chi connectivity index (χ1n) is 2.87. The Morgan fingerprint density at radius 2 is 1.82 bits per heavy atom. The van der Waals surface area contributed by atoms with Crippen LogP contribution in [0.25, 0.3) is 0 Å². The highest BCUT2D eigenvalue weighted by molar-refractivity contribution is 5.99. The van der Waals surface area contributed by atoms with Crippen LogP contribution in [-0.4, -0.2) is 11.8 Å². The summed E-state index contributed by atoms with van der Waals surface area (Å²) in [5, 5.41) is 0. The highest BCUT2D eigenvalue weighted by atomic mass is 16.1. The lowest BCUT2D eigenvalue weighted by Gasteiger charge is -1.94. The normalized spacial score (nSPS) is 10.1. The summed E-state index contributed by atoms with van der Waals surface area (Å²) in [4.78, 5) is 20.6. The molecule has 0 aliphatic carbocycles. The molecule has 0 fully saturated rings. The predicted octanol–water partition coefficient (Wildman–Crippen LogP) is -0.545. The Hall–Kier alpha value is -1.36. The maximum atomic E-state index is 10.4. The van der Waals surface area contributed by atoms with Gasteiger partial charge in [0.15, 0.2) is 0 Å². The van der Waals surface area contributed by atoms with Gasteiger partial charge in [0, 0.05) is 11.6 Å². The Balaban J connectivity index is 0. The van der Waals surface area contributed by atoms with Gasteiger partial charge in [-0.05, 0) is 6.42 Å². The lowest BCUT2D eigenvalue weighted by molar-refractivity contribution is -0.116. The second-order valence-electron chi connectivity index (χ2n) is 1.79. The molecule has 0 atom stereocenters. The molecule has 5 nitrogen and oxygen atoms in total. The van der Waals surface area contributed by atoms with E-state index in [4.69, 9.17) is 11.5 Å². The van der Waals surface area contributed by atoms with Crippen molar-refractivity contribution in [1.82, 2.24) is 6.15 Å². The van der Waals surface area contributed by atoms with Crippen LogP contribution in [0.15, 0.2) is 11.6 Å². The molecule has 11 heavy (non-hydrogen) atoms. The summed E-state index contributed by atoms with van der Waals surface area (Å²) in [6.45, 7) is 1.72. The molecule has 0 rings (SSSR count). The number of amides is 2. The molecule has 7 N–H and O–H groups in total. The molecule has 0 radical (unpaired) electrons. The summed E-state index contributed by atoms with van der Waals surface area (Å²) in [6, 6.07) is 0. The van der Waals surface area contributed by atoms with E-state index in [1.165, 1.54) is 0 Å². The van der Waals surface area contributed by atoms with E-state index in [-0.39, 0.29) is 11.7 Å². The van der Waals surface area contributed by atoms with Crippen LogP contribution in [0, 0.1) is 0 Å². The molecule has 0 unspecified atom stereocenters. The van der Waals surface area contributed by atoms with Crippen LogP contribution in [0.3, 0.4) is 0 Å². The van der Waals surface area contributed by atoms with E-state index in [0.29, 0.717) is 6.42 Å². The minimum Gasteiger partial charge on any atom is -0.366 e. The zero-order valence-electron chi connectivity index (χ0n) is 6.46. The molecule has 0 spiro atoms. The number of carbonyl (C=O) groups excluding carboxylic acids is 2. The zero-order valence-corrected chi connectivity index (χ0v) is 6.46. The molecule has 0 saturated carbocycles. The summed E-state index contributed by atoms with van der Waals surface area (Å²) < 4.78 is 0. The molecule has 0 saturated heterocycles. The summed E-state index contributed by atoms with van der Waals surface area (Å²) in [5.74, 6) is -1.24. The quantitative estimate of drug-likeness (QED) is 0.479. The second-order valence-corrected chi connectivity index (χ2v) is 1.79. The number of hydrogen-bond donors (Lipinski definition) is 3. The monoisotopic (exact) mass is 159 g/mol. The van der Waals surface area contributed by atoms with Crippen LogP contribution < -0.4 is 17.6 Å². The van der Waals surface area contributed by atoms with Crippen LogP contribution in [0.4, 0.5) is 0 Å². The van der Waals surface area contributed by atoms with Crippen LogP contribution >= 0.6 is 0 Å². The molecular weight excluding hydrogens is 146 g/mol. The van der Waals surface area contributed by atoms with Crippen LogP contribution in [0.1, 0.15) is 13.3 Å². The van der Waals surface area contributed by atoms with Gasteiger partial charge in [-0.15, -0.1) is 0 Å². The third kappa shape index (κ3) is 5.10. The molecule has 0 aromatic heterocycles. The number of hydrogen-bond acceptors (Lipinski definition) is 3. The van der Waals surface area contributed by atoms with Gasteiger partial charge in [0.1, 0.15) is 0 Å². The lowest BCUT2D eigenvalue weighted by Crippen LogP contribution is -2.17. The molecule has 0 aliphatic rings. The van der Waals surface area contributed by atoms with E-state index >= 15 is 0 Å². The maximum absolute atomic E-state index is 10.4. The van der Waals surface area contributed by atoms with Gasteiger partial charge in [0.05, 0.1) is 0 Å². The first kappa shape index (κ1) is 12.3. The summed E-state index contributed by atoms with van der Waals surface area (Å²) >= 11 is 0. The fraction of sp³-hybridized carbons (Fsp3) is 0.333. The van der Waals surface area contributed by atoms with Crippen molar-refractivity contribution >= 4 is 11.8 Å². The predicted molar refractivity (Wildman–Crippen MR) is 41.8 cm³/mol. The van der Waals surface area contributed by atoms with Crippen molar-refractivity contribution in [3.8, 4) is 0 Å². The second kappa shape index (κ2) is 5.43. The van der Waals surface area contributed by atoms with Crippen LogP contribution in [0.2, 0.25) is 0 Å². The minimum atomic E-state index is -0.643. The Labute approximate surface area is 65.0 Å². The Bertz CT molecular complexity index is 186. The Kier molecular flexibility index (Phi) is 6.08. The standard InChI is InChI=1S/C6H10N2O2.H3N/c1-2-4(6(8)10)3-5(7)9;/h3H,2H2,1H3,(H2,7,9)(H2,8,10);1H3. The van der Waals surface area contributed by atoms with Gasteiger partial charge in [-0.1, -0.05) is 6.92 Å². The van der Waals surface area contributed by atoms with Gasteiger partial charge in [-0.25, -0.2) is 0 Å². The highest BCUT2D eigenvalue weighted by Gasteiger charge is 2.01. The first-order valence-corrected chi connectivity index (χ1v) is 2.87. The number of carbonyl (C=O) groups is 2. The van der Waals surface area contributed by atoms with E-state index in [2.05, 4.69) is 0 Å². The van der Waals surface area contributed by atoms with Gasteiger partial charge in [0.25, 0.3) is 0 Å². The largest absolute Gasteiger partial charge is 0.366 e. The smallest absolute Gasteiger partial charge is 0.244 e. The fourth-order valence-electron chi connectivity index (χ4n) is 0.519. The van der Waals surface area contributed by atoms with Crippen molar-refractivity contribution in [1.29, 1.82) is 0 Å². The molecule has 2 amide bonds. The minimum absolute atomic E-state index is 0. The van der Waals surface area contributed by atoms with Crippen LogP contribution in [0.5, 0.6) is 0 Å². The Morgan fingerprint density at radius 1 is 1.36 bits per heavy atom. The van der Waals surface area contributed by atoms with Gasteiger partial charge >= 0.3 is 0 Å². The van der Waals surface area contributed by atoms with Gasteiger partial charge in [-0.2, -0.15) is 0 Å². The van der Waals surface area contributed by atoms with E-state index in [1.807, 2.05) is 0 Å². The maximum Gasteiger partial charge on any atom is 0.244 e. The van der Waals surface area contributed by atoms with Gasteiger partial charge in [-0.3, -0.25) is 9.59 Å². The van der Waals surface area contributed by atoms with Crippen molar-refractivity contribution in [3.05, 3.63) is 11.6 Å². The molecular formula is C6H13N3O2. The Morgan fingerprint density at radius 3 is 1.91 bits per heavy atom. The molecule has 5 heteroatoms. The van der Waals surface area contributed by atoms with Crippen LogP contribution in [-0.2, 0) is 9.59 Å². The van der Waals surface area contributed by atoms with Crippen molar-refractivity contribution in [2.75, 3.05) is 0 Å². The topological polar surface area (TPSA) is 121 Å². The SMILES string of the molecule is CCC(=CC(N)=O)C(N)=O.N. The summed E-state index contributed by atoms with van der Waals surface area (Å²) in [6.07, 6.45) is 1.47. The van der Waals surface area contributed by atoms with E-state index < -0.39 is 11.8 Å². The molecule has 64 valence electrons. The number of nitrogens with two attached hydrogens (primary N) is 2. The van der Waals surface area contributed by atoms with E-state index in [9.17, 15) is 9.59 Å². The average molecular weight is 159 g/mol. The zero-order chi connectivity index (χ0) is 8.15. The summed E-state index contributed by atoms with van der Waals surface area (Å²) in [5.41, 5.74) is 9.92.